The second-order valence-electron chi connectivity index (χ2n) is 5.01. The fourth-order valence-corrected chi connectivity index (χ4v) is 2.41. The predicted octanol–water partition coefficient (Wildman–Crippen LogP) is 3.18. The highest BCUT2D eigenvalue weighted by atomic mass is 19.1. The lowest BCUT2D eigenvalue weighted by Crippen LogP contribution is -2.31. The largest absolute Gasteiger partial charge is 0.380 e. The van der Waals surface area contributed by atoms with Crippen LogP contribution in [0.15, 0.2) is 53.5 Å². The molecule has 1 heterocycles. The van der Waals surface area contributed by atoms with Gasteiger partial charge in [-0.15, -0.1) is 0 Å². The van der Waals surface area contributed by atoms with Crippen LogP contribution in [0.4, 0.5) is 10.1 Å². The van der Waals surface area contributed by atoms with Gasteiger partial charge in [-0.25, -0.2) is 4.39 Å². The van der Waals surface area contributed by atoms with Crippen LogP contribution in [0.3, 0.4) is 0 Å². The van der Waals surface area contributed by atoms with E-state index in [2.05, 4.69) is 15.6 Å². The standard InChI is InChI=1S/C17H18FN3/c18-14-8-4-9-15(16(14)17-19-10-5-11-20-17)21-12-13-6-2-1-3-7-13/h1-4,6-9,21H,5,10-12H2,(H,19,20). The van der Waals surface area contributed by atoms with E-state index < -0.39 is 0 Å². The second kappa shape index (κ2) is 6.39. The lowest BCUT2D eigenvalue weighted by atomic mass is 10.1. The molecule has 2 N–H and O–H groups in total. The zero-order valence-electron chi connectivity index (χ0n) is 11.8. The number of hydrogen-bond acceptors (Lipinski definition) is 3. The Kier molecular flexibility index (Phi) is 4.15. The topological polar surface area (TPSA) is 36.4 Å². The highest BCUT2D eigenvalue weighted by Crippen LogP contribution is 2.21. The Morgan fingerprint density at radius 1 is 1.10 bits per heavy atom. The summed E-state index contributed by atoms with van der Waals surface area (Å²) in [4.78, 5) is 4.40. The number of nitrogens with zero attached hydrogens (tertiary/aromatic N) is 1. The van der Waals surface area contributed by atoms with Crippen molar-refractivity contribution in [1.29, 1.82) is 0 Å². The van der Waals surface area contributed by atoms with Crippen molar-refractivity contribution in [2.45, 2.75) is 13.0 Å². The fourth-order valence-electron chi connectivity index (χ4n) is 2.41. The summed E-state index contributed by atoms with van der Waals surface area (Å²) in [5.41, 5.74) is 2.46. The summed E-state index contributed by atoms with van der Waals surface area (Å²) in [5.74, 6) is 0.399. The molecule has 0 fully saturated rings. The number of anilines is 1. The van der Waals surface area contributed by atoms with Crippen molar-refractivity contribution in [1.82, 2.24) is 5.32 Å². The average molecular weight is 283 g/mol. The van der Waals surface area contributed by atoms with Crippen LogP contribution in [0.25, 0.3) is 0 Å². The van der Waals surface area contributed by atoms with E-state index >= 15 is 0 Å². The summed E-state index contributed by atoms with van der Waals surface area (Å²) in [5, 5.41) is 6.49. The third-order valence-corrected chi connectivity index (χ3v) is 3.47. The molecule has 2 aromatic carbocycles. The molecule has 4 heteroatoms. The minimum absolute atomic E-state index is 0.249. The van der Waals surface area contributed by atoms with E-state index in [-0.39, 0.29) is 5.82 Å². The molecule has 0 atom stereocenters. The molecule has 0 spiro atoms. The van der Waals surface area contributed by atoms with Crippen molar-refractivity contribution >= 4 is 11.5 Å². The Hall–Kier alpha value is -2.36. The van der Waals surface area contributed by atoms with E-state index in [9.17, 15) is 4.39 Å². The lowest BCUT2D eigenvalue weighted by molar-refractivity contribution is 0.622. The first-order valence-corrected chi connectivity index (χ1v) is 7.19. The van der Waals surface area contributed by atoms with Gasteiger partial charge in [-0.1, -0.05) is 36.4 Å². The minimum atomic E-state index is -0.249. The van der Waals surface area contributed by atoms with Crippen LogP contribution < -0.4 is 10.6 Å². The van der Waals surface area contributed by atoms with Crippen LogP contribution in [-0.4, -0.2) is 18.9 Å². The smallest absolute Gasteiger partial charge is 0.136 e. The first kappa shape index (κ1) is 13.6. The second-order valence-corrected chi connectivity index (χ2v) is 5.01. The Balaban J connectivity index is 1.85. The monoisotopic (exact) mass is 283 g/mol. The molecule has 21 heavy (non-hydrogen) atoms. The normalized spacial score (nSPS) is 14.2. The molecule has 1 aliphatic heterocycles. The van der Waals surface area contributed by atoms with Gasteiger partial charge in [0.05, 0.1) is 5.56 Å². The van der Waals surface area contributed by atoms with Gasteiger partial charge in [0, 0.05) is 25.3 Å². The SMILES string of the molecule is Fc1cccc(NCc2ccccc2)c1C1=NCCCN1. The average Bonchev–Trinajstić information content (AvgIpc) is 2.55. The van der Waals surface area contributed by atoms with Crippen LogP contribution in [0, 0.1) is 5.82 Å². The third kappa shape index (κ3) is 3.21. The summed E-state index contributed by atoms with van der Waals surface area (Å²) in [6.07, 6.45) is 0.991. The Bertz CT molecular complexity index is 638. The van der Waals surface area contributed by atoms with Gasteiger partial charge in [-0.3, -0.25) is 4.99 Å². The van der Waals surface area contributed by atoms with Gasteiger partial charge in [0.15, 0.2) is 0 Å². The summed E-state index contributed by atoms with van der Waals surface area (Å²) in [6, 6.07) is 15.1. The quantitative estimate of drug-likeness (QED) is 0.904. The van der Waals surface area contributed by atoms with Gasteiger partial charge < -0.3 is 10.6 Å². The molecule has 0 aromatic heterocycles. The van der Waals surface area contributed by atoms with Crippen LogP contribution in [0.2, 0.25) is 0 Å². The van der Waals surface area contributed by atoms with Crippen molar-refractivity contribution in [3.63, 3.8) is 0 Å². The molecule has 108 valence electrons. The Morgan fingerprint density at radius 3 is 2.71 bits per heavy atom. The number of rotatable bonds is 4. The van der Waals surface area contributed by atoms with Crippen molar-refractivity contribution in [3.05, 3.63) is 65.5 Å². The van der Waals surface area contributed by atoms with Crippen molar-refractivity contribution in [3.8, 4) is 0 Å². The maximum absolute atomic E-state index is 14.2. The van der Waals surface area contributed by atoms with E-state index in [1.807, 2.05) is 36.4 Å². The number of aliphatic imine (C=N–C) groups is 1. The molecule has 0 bridgehead atoms. The van der Waals surface area contributed by atoms with Gasteiger partial charge in [0.1, 0.15) is 11.7 Å². The summed E-state index contributed by atoms with van der Waals surface area (Å²) in [6.45, 7) is 2.24. The molecule has 3 nitrogen and oxygen atoms in total. The summed E-state index contributed by atoms with van der Waals surface area (Å²) in [7, 11) is 0. The summed E-state index contributed by atoms with van der Waals surface area (Å²) >= 11 is 0. The fraction of sp³-hybridized carbons (Fsp3) is 0.235. The number of benzene rings is 2. The molecule has 2 aromatic rings. The van der Waals surface area contributed by atoms with Crippen LogP contribution in [-0.2, 0) is 6.54 Å². The van der Waals surface area contributed by atoms with Crippen molar-refractivity contribution in [2.75, 3.05) is 18.4 Å². The number of hydrogen-bond donors (Lipinski definition) is 2. The molecular formula is C17H18FN3. The van der Waals surface area contributed by atoms with Crippen molar-refractivity contribution < 1.29 is 4.39 Å². The van der Waals surface area contributed by atoms with Gasteiger partial charge >= 0.3 is 0 Å². The van der Waals surface area contributed by atoms with E-state index in [4.69, 9.17) is 0 Å². The molecule has 1 aliphatic rings. The van der Waals surface area contributed by atoms with E-state index in [0.29, 0.717) is 17.9 Å². The van der Waals surface area contributed by atoms with Gasteiger partial charge in [0.2, 0.25) is 0 Å². The molecule has 3 rings (SSSR count). The maximum Gasteiger partial charge on any atom is 0.136 e. The zero-order valence-corrected chi connectivity index (χ0v) is 11.8. The van der Waals surface area contributed by atoms with E-state index in [0.717, 1.165) is 30.8 Å². The van der Waals surface area contributed by atoms with Crippen LogP contribution >= 0.6 is 0 Å². The van der Waals surface area contributed by atoms with Crippen LogP contribution in [0.5, 0.6) is 0 Å². The minimum Gasteiger partial charge on any atom is -0.380 e. The van der Waals surface area contributed by atoms with Gasteiger partial charge in [0.25, 0.3) is 0 Å². The first-order chi connectivity index (χ1) is 10.3. The van der Waals surface area contributed by atoms with Crippen molar-refractivity contribution in [2.24, 2.45) is 4.99 Å². The Morgan fingerprint density at radius 2 is 1.95 bits per heavy atom. The molecular weight excluding hydrogens is 265 g/mol. The molecule has 0 aliphatic carbocycles. The molecule has 0 unspecified atom stereocenters. The van der Waals surface area contributed by atoms with Gasteiger partial charge in [-0.2, -0.15) is 0 Å². The highest BCUT2D eigenvalue weighted by molar-refractivity contribution is 6.04. The third-order valence-electron chi connectivity index (χ3n) is 3.47. The predicted molar refractivity (Wildman–Crippen MR) is 84.2 cm³/mol. The molecule has 0 amide bonds. The highest BCUT2D eigenvalue weighted by Gasteiger charge is 2.16. The molecule has 0 radical (unpaired) electrons. The Labute approximate surface area is 123 Å². The first-order valence-electron chi connectivity index (χ1n) is 7.19. The number of nitrogens with one attached hydrogen (secondary N) is 2. The summed E-state index contributed by atoms with van der Waals surface area (Å²) < 4.78 is 14.2. The van der Waals surface area contributed by atoms with Crippen LogP contribution in [0.1, 0.15) is 17.5 Å². The zero-order chi connectivity index (χ0) is 14.5. The maximum atomic E-state index is 14.2. The van der Waals surface area contributed by atoms with E-state index in [1.54, 1.807) is 6.07 Å². The number of halogens is 1. The molecule has 0 saturated heterocycles. The van der Waals surface area contributed by atoms with E-state index in [1.165, 1.54) is 6.07 Å². The molecule has 0 saturated carbocycles. The lowest BCUT2D eigenvalue weighted by Gasteiger charge is -2.19. The van der Waals surface area contributed by atoms with Gasteiger partial charge in [-0.05, 0) is 24.1 Å². The number of amidine groups is 1.